The van der Waals surface area contributed by atoms with Crippen LogP contribution in [0.2, 0.25) is 0 Å². The van der Waals surface area contributed by atoms with Crippen LogP contribution in [0, 0.1) is 0 Å². The van der Waals surface area contributed by atoms with Crippen molar-refractivity contribution in [3.8, 4) is 22.8 Å². The SMILES string of the molecule is COc1ccc(CNC(C)c2nc(-c3ccccc3)cs2)cc1OC(F)F. The molecule has 1 unspecified atom stereocenters. The first-order chi connectivity index (χ1) is 13.1. The summed E-state index contributed by atoms with van der Waals surface area (Å²) in [6.07, 6.45) is 0. The number of nitrogens with zero attached hydrogens (tertiary/aromatic N) is 1. The second-order valence-corrected chi connectivity index (χ2v) is 6.79. The van der Waals surface area contributed by atoms with Gasteiger partial charge < -0.3 is 14.8 Å². The van der Waals surface area contributed by atoms with Gasteiger partial charge in [0.15, 0.2) is 11.5 Å². The summed E-state index contributed by atoms with van der Waals surface area (Å²) >= 11 is 1.59. The molecule has 3 rings (SSSR count). The molecule has 3 aromatic rings. The maximum atomic E-state index is 12.5. The largest absolute Gasteiger partial charge is 0.493 e. The first kappa shape index (κ1) is 19.3. The lowest BCUT2D eigenvalue weighted by molar-refractivity contribution is -0.0512. The van der Waals surface area contributed by atoms with Gasteiger partial charge in [-0.05, 0) is 24.6 Å². The highest BCUT2D eigenvalue weighted by molar-refractivity contribution is 7.10. The van der Waals surface area contributed by atoms with Crippen molar-refractivity contribution in [2.75, 3.05) is 7.11 Å². The Morgan fingerprint density at radius 1 is 1.11 bits per heavy atom. The Kier molecular flexibility index (Phi) is 6.36. The molecule has 0 spiro atoms. The molecule has 0 aliphatic rings. The van der Waals surface area contributed by atoms with E-state index in [9.17, 15) is 8.78 Å². The highest BCUT2D eigenvalue weighted by Gasteiger charge is 2.14. The molecule has 1 N–H and O–H groups in total. The molecule has 1 heterocycles. The molecule has 0 aliphatic carbocycles. The van der Waals surface area contributed by atoms with E-state index in [2.05, 4.69) is 15.0 Å². The van der Waals surface area contributed by atoms with E-state index < -0.39 is 6.61 Å². The van der Waals surface area contributed by atoms with Crippen LogP contribution in [0.3, 0.4) is 0 Å². The second-order valence-electron chi connectivity index (χ2n) is 5.90. The Morgan fingerprint density at radius 3 is 2.59 bits per heavy atom. The average molecular weight is 390 g/mol. The van der Waals surface area contributed by atoms with Crippen LogP contribution in [-0.2, 0) is 6.54 Å². The standard InChI is InChI=1S/C20H20F2N2O2S/c1-13(19-24-16(12-27-19)15-6-4-3-5-7-15)23-11-14-8-9-17(25-2)18(10-14)26-20(21)22/h3-10,12-13,20,23H,11H2,1-2H3. The number of nitrogens with one attached hydrogen (secondary N) is 1. The van der Waals surface area contributed by atoms with Crippen molar-refractivity contribution < 1.29 is 18.3 Å². The number of alkyl halides is 2. The van der Waals surface area contributed by atoms with E-state index >= 15 is 0 Å². The molecule has 4 nitrogen and oxygen atoms in total. The molecule has 0 bridgehead atoms. The maximum absolute atomic E-state index is 12.5. The highest BCUT2D eigenvalue weighted by Crippen LogP contribution is 2.30. The van der Waals surface area contributed by atoms with E-state index in [1.807, 2.05) is 48.7 Å². The number of aromatic nitrogens is 1. The lowest BCUT2D eigenvalue weighted by atomic mass is 10.2. The van der Waals surface area contributed by atoms with Gasteiger partial charge in [0.1, 0.15) is 5.01 Å². The van der Waals surface area contributed by atoms with Crippen molar-refractivity contribution in [3.05, 3.63) is 64.5 Å². The smallest absolute Gasteiger partial charge is 0.387 e. The van der Waals surface area contributed by atoms with Crippen molar-refractivity contribution in [1.82, 2.24) is 10.3 Å². The normalized spacial score (nSPS) is 12.2. The molecule has 0 fully saturated rings. The number of methoxy groups -OCH3 is 1. The van der Waals surface area contributed by atoms with E-state index in [4.69, 9.17) is 4.74 Å². The van der Waals surface area contributed by atoms with E-state index in [0.717, 1.165) is 21.8 Å². The van der Waals surface area contributed by atoms with Crippen LogP contribution in [0.4, 0.5) is 8.78 Å². The molecule has 142 valence electrons. The van der Waals surface area contributed by atoms with Gasteiger partial charge in [0, 0.05) is 17.5 Å². The number of hydrogen-bond acceptors (Lipinski definition) is 5. The zero-order valence-corrected chi connectivity index (χ0v) is 15.8. The number of benzene rings is 2. The Morgan fingerprint density at radius 2 is 1.89 bits per heavy atom. The van der Waals surface area contributed by atoms with Crippen molar-refractivity contribution in [2.24, 2.45) is 0 Å². The Balaban J connectivity index is 1.65. The molecule has 7 heteroatoms. The van der Waals surface area contributed by atoms with Crippen LogP contribution < -0.4 is 14.8 Å². The number of halogens is 2. The van der Waals surface area contributed by atoms with Gasteiger partial charge in [-0.25, -0.2) is 4.98 Å². The average Bonchev–Trinajstić information content (AvgIpc) is 3.17. The van der Waals surface area contributed by atoms with Crippen molar-refractivity contribution >= 4 is 11.3 Å². The number of thiazole rings is 1. The predicted octanol–water partition coefficient (Wildman–Crippen LogP) is 5.27. The maximum Gasteiger partial charge on any atom is 0.387 e. The van der Waals surface area contributed by atoms with Gasteiger partial charge >= 0.3 is 6.61 Å². The van der Waals surface area contributed by atoms with Crippen LogP contribution in [0.5, 0.6) is 11.5 Å². The summed E-state index contributed by atoms with van der Waals surface area (Å²) < 4.78 is 34.7. The van der Waals surface area contributed by atoms with Gasteiger partial charge in [0.25, 0.3) is 0 Å². The summed E-state index contributed by atoms with van der Waals surface area (Å²) in [5.41, 5.74) is 2.84. The van der Waals surface area contributed by atoms with Gasteiger partial charge in [0.2, 0.25) is 0 Å². The Labute approximate surface area is 160 Å². The molecule has 27 heavy (non-hydrogen) atoms. The first-order valence-corrected chi connectivity index (χ1v) is 9.30. The molecular formula is C20H20F2N2O2S. The molecule has 0 saturated heterocycles. The third kappa shape index (κ3) is 5.02. The minimum Gasteiger partial charge on any atom is -0.493 e. The molecule has 0 amide bonds. The summed E-state index contributed by atoms with van der Waals surface area (Å²) in [4.78, 5) is 4.69. The fraction of sp³-hybridized carbons (Fsp3) is 0.250. The zero-order chi connectivity index (χ0) is 19.2. The summed E-state index contributed by atoms with van der Waals surface area (Å²) in [7, 11) is 1.42. The van der Waals surface area contributed by atoms with Crippen molar-refractivity contribution in [3.63, 3.8) is 0 Å². The first-order valence-electron chi connectivity index (χ1n) is 8.42. The lowest BCUT2D eigenvalue weighted by Gasteiger charge is -2.14. The van der Waals surface area contributed by atoms with Crippen LogP contribution >= 0.6 is 11.3 Å². The van der Waals surface area contributed by atoms with Crippen LogP contribution in [0.15, 0.2) is 53.9 Å². The summed E-state index contributed by atoms with van der Waals surface area (Å²) in [5, 5.41) is 6.36. The lowest BCUT2D eigenvalue weighted by Crippen LogP contribution is -2.18. The quantitative estimate of drug-likeness (QED) is 0.569. The van der Waals surface area contributed by atoms with E-state index in [1.54, 1.807) is 23.5 Å². The van der Waals surface area contributed by atoms with Gasteiger partial charge in [0.05, 0.1) is 18.8 Å². The fourth-order valence-electron chi connectivity index (χ4n) is 2.61. The molecule has 0 radical (unpaired) electrons. The Bertz CT molecular complexity index is 871. The summed E-state index contributed by atoms with van der Waals surface area (Å²) in [6, 6.07) is 15.0. The fourth-order valence-corrected chi connectivity index (χ4v) is 3.47. The predicted molar refractivity (Wildman–Crippen MR) is 102 cm³/mol. The molecule has 0 aliphatic heterocycles. The minimum atomic E-state index is -2.90. The van der Waals surface area contributed by atoms with E-state index in [-0.39, 0.29) is 17.5 Å². The van der Waals surface area contributed by atoms with Gasteiger partial charge in [-0.15, -0.1) is 11.3 Å². The second kappa shape index (κ2) is 8.92. The van der Waals surface area contributed by atoms with Crippen molar-refractivity contribution in [2.45, 2.75) is 26.1 Å². The molecule has 1 atom stereocenters. The summed E-state index contributed by atoms with van der Waals surface area (Å²) in [5.74, 6) is 0.305. The Hall–Kier alpha value is -2.51. The topological polar surface area (TPSA) is 43.4 Å². The van der Waals surface area contributed by atoms with Crippen LogP contribution in [0.25, 0.3) is 11.3 Å². The van der Waals surface area contributed by atoms with Crippen LogP contribution in [0.1, 0.15) is 23.5 Å². The molecule has 0 saturated carbocycles. The minimum absolute atomic E-state index is 0.0223. The van der Waals surface area contributed by atoms with E-state index in [1.165, 1.54) is 7.11 Å². The number of ether oxygens (including phenoxy) is 2. The molecular weight excluding hydrogens is 370 g/mol. The third-order valence-corrected chi connectivity index (χ3v) is 5.05. The molecule has 1 aromatic heterocycles. The zero-order valence-electron chi connectivity index (χ0n) is 15.0. The monoisotopic (exact) mass is 390 g/mol. The summed E-state index contributed by atoms with van der Waals surface area (Å²) in [6.45, 7) is -0.383. The van der Waals surface area contributed by atoms with E-state index in [0.29, 0.717) is 6.54 Å². The number of rotatable bonds is 8. The van der Waals surface area contributed by atoms with Crippen molar-refractivity contribution in [1.29, 1.82) is 0 Å². The van der Waals surface area contributed by atoms with Gasteiger partial charge in [-0.3, -0.25) is 0 Å². The third-order valence-electron chi connectivity index (χ3n) is 4.02. The van der Waals surface area contributed by atoms with Crippen LogP contribution in [-0.4, -0.2) is 18.7 Å². The molecule has 2 aromatic carbocycles. The van der Waals surface area contributed by atoms with Gasteiger partial charge in [-0.1, -0.05) is 36.4 Å². The number of hydrogen-bond donors (Lipinski definition) is 1. The van der Waals surface area contributed by atoms with Gasteiger partial charge in [-0.2, -0.15) is 8.78 Å². The highest BCUT2D eigenvalue weighted by atomic mass is 32.1.